The number of hydrogen-bond donors (Lipinski definition) is 0. The molecule has 0 saturated carbocycles. The quantitative estimate of drug-likeness (QED) is 0.185. The van der Waals surface area contributed by atoms with Gasteiger partial charge in [-0.25, -0.2) is 4.79 Å². The minimum Gasteiger partial charge on any atom is -0.460 e. The Balaban J connectivity index is 2.92. The lowest BCUT2D eigenvalue weighted by Gasteiger charge is -2.11. The molecule has 0 heterocycles. The Morgan fingerprint density at radius 2 is 2.04 bits per heavy atom. The number of hydrogen-bond acceptors (Lipinski definition) is 6. The molecule has 0 aliphatic carbocycles. The van der Waals surface area contributed by atoms with Crippen molar-refractivity contribution in [1.82, 2.24) is 0 Å². The van der Waals surface area contributed by atoms with Crippen LogP contribution in [-0.4, -0.2) is 29.6 Å². The lowest BCUT2D eigenvalue weighted by molar-refractivity contribution is -0.767. The molecule has 7 nitrogen and oxygen atoms in total. The fourth-order valence-corrected chi connectivity index (χ4v) is 1.90. The highest BCUT2D eigenvalue weighted by Crippen LogP contribution is 2.27. The number of carbonyl (C=O) groups is 2. The summed E-state index contributed by atoms with van der Waals surface area (Å²) < 4.78 is 4.84. The molecular formula is C14H13Cl2NO6. The Morgan fingerprint density at radius 1 is 1.39 bits per heavy atom. The first-order valence-electron chi connectivity index (χ1n) is 6.37. The van der Waals surface area contributed by atoms with Crippen molar-refractivity contribution in [1.29, 1.82) is 0 Å². The SMILES string of the molecule is CC(=O)/C(=C\c1cccc(Cl)c1Cl)C(=O)OCC(C)O[N+](=O)[O-]. The molecule has 0 radical (unpaired) electrons. The van der Waals surface area contributed by atoms with Crippen LogP contribution in [0.15, 0.2) is 23.8 Å². The Bertz CT molecular complexity index is 659. The van der Waals surface area contributed by atoms with Gasteiger partial charge >= 0.3 is 5.97 Å². The third-order valence-electron chi connectivity index (χ3n) is 2.60. The number of Topliss-reactive ketones (excluding diaryl/α,β-unsaturated/α-hetero) is 1. The molecule has 0 amide bonds. The minimum atomic E-state index is -0.994. The number of benzene rings is 1. The summed E-state index contributed by atoms with van der Waals surface area (Å²) in [4.78, 5) is 37.9. The molecule has 0 fully saturated rings. The number of ether oxygens (including phenoxy) is 1. The monoisotopic (exact) mass is 361 g/mol. The van der Waals surface area contributed by atoms with Gasteiger partial charge in [-0.2, -0.15) is 0 Å². The van der Waals surface area contributed by atoms with E-state index >= 15 is 0 Å². The van der Waals surface area contributed by atoms with Gasteiger partial charge in [0.15, 0.2) is 5.78 Å². The van der Waals surface area contributed by atoms with Crippen molar-refractivity contribution in [2.24, 2.45) is 0 Å². The van der Waals surface area contributed by atoms with Gasteiger partial charge in [0.2, 0.25) is 0 Å². The molecule has 0 aromatic heterocycles. The number of ketones is 1. The number of nitrogens with zero attached hydrogens (tertiary/aromatic N) is 1. The van der Waals surface area contributed by atoms with Crippen LogP contribution >= 0.6 is 23.2 Å². The Morgan fingerprint density at radius 3 is 2.61 bits per heavy atom. The average Bonchev–Trinajstić information content (AvgIpc) is 2.45. The van der Waals surface area contributed by atoms with Crippen molar-refractivity contribution >= 4 is 41.0 Å². The van der Waals surface area contributed by atoms with Gasteiger partial charge in [0, 0.05) is 0 Å². The molecule has 0 aliphatic rings. The summed E-state index contributed by atoms with van der Waals surface area (Å²) in [6.45, 7) is 2.15. The predicted octanol–water partition coefficient (Wildman–Crippen LogP) is 3.11. The maximum Gasteiger partial charge on any atom is 0.341 e. The van der Waals surface area contributed by atoms with Crippen LogP contribution in [0.3, 0.4) is 0 Å². The van der Waals surface area contributed by atoms with Crippen LogP contribution < -0.4 is 0 Å². The van der Waals surface area contributed by atoms with Gasteiger partial charge in [0.05, 0.1) is 10.0 Å². The van der Waals surface area contributed by atoms with E-state index in [4.69, 9.17) is 27.9 Å². The number of esters is 1. The zero-order valence-electron chi connectivity index (χ0n) is 12.2. The Labute approximate surface area is 141 Å². The fraction of sp³-hybridized carbons (Fsp3) is 0.286. The van der Waals surface area contributed by atoms with E-state index in [0.717, 1.165) is 0 Å². The van der Waals surface area contributed by atoms with Crippen LogP contribution in [0.1, 0.15) is 19.4 Å². The lowest BCUT2D eigenvalue weighted by Crippen LogP contribution is -2.23. The van der Waals surface area contributed by atoms with E-state index in [9.17, 15) is 19.7 Å². The molecular weight excluding hydrogens is 349 g/mol. The number of rotatable bonds is 7. The molecule has 1 atom stereocenters. The van der Waals surface area contributed by atoms with Gasteiger partial charge in [0.25, 0.3) is 5.09 Å². The van der Waals surface area contributed by atoms with Crippen molar-refractivity contribution in [3.8, 4) is 0 Å². The van der Waals surface area contributed by atoms with Gasteiger partial charge in [-0.05, 0) is 31.6 Å². The van der Waals surface area contributed by atoms with Gasteiger partial charge in [-0.1, -0.05) is 35.3 Å². The van der Waals surface area contributed by atoms with Crippen molar-refractivity contribution in [2.75, 3.05) is 6.61 Å². The summed E-state index contributed by atoms with van der Waals surface area (Å²) in [5.74, 6) is -1.48. The van der Waals surface area contributed by atoms with E-state index in [-0.39, 0.29) is 22.2 Å². The molecule has 9 heteroatoms. The smallest absolute Gasteiger partial charge is 0.341 e. The van der Waals surface area contributed by atoms with E-state index in [1.807, 2.05) is 0 Å². The molecule has 1 aromatic rings. The summed E-state index contributed by atoms with van der Waals surface area (Å²) >= 11 is 11.9. The zero-order valence-corrected chi connectivity index (χ0v) is 13.8. The second kappa shape index (κ2) is 8.50. The van der Waals surface area contributed by atoms with E-state index in [1.165, 1.54) is 19.9 Å². The van der Waals surface area contributed by atoms with Gasteiger partial charge in [0.1, 0.15) is 18.3 Å². The van der Waals surface area contributed by atoms with E-state index < -0.39 is 22.9 Å². The maximum absolute atomic E-state index is 12.0. The first kappa shape index (κ1) is 18.9. The standard InChI is InChI=1S/C14H13Cl2NO6/c1-8(23-17(20)21)7-22-14(19)11(9(2)18)6-10-4-3-5-12(15)13(10)16/h3-6,8H,7H2,1-2H3/b11-6+. The second-order valence-corrected chi connectivity index (χ2v) is 5.28. The highest BCUT2D eigenvalue weighted by Gasteiger charge is 2.19. The Kier molecular flexibility index (Phi) is 6.99. The molecule has 0 spiro atoms. The van der Waals surface area contributed by atoms with Crippen LogP contribution in [0, 0.1) is 10.1 Å². The van der Waals surface area contributed by atoms with Gasteiger partial charge in [-0.3, -0.25) is 4.79 Å². The van der Waals surface area contributed by atoms with E-state index in [0.29, 0.717) is 5.56 Å². The summed E-state index contributed by atoms with van der Waals surface area (Å²) in [6, 6.07) is 4.74. The molecule has 23 heavy (non-hydrogen) atoms. The van der Waals surface area contributed by atoms with Gasteiger partial charge < -0.3 is 9.57 Å². The minimum absolute atomic E-state index is 0.186. The molecule has 0 bridgehead atoms. The third-order valence-corrected chi connectivity index (χ3v) is 3.43. The van der Waals surface area contributed by atoms with Crippen LogP contribution in [0.25, 0.3) is 6.08 Å². The van der Waals surface area contributed by atoms with Crippen molar-refractivity contribution in [3.63, 3.8) is 0 Å². The van der Waals surface area contributed by atoms with Crippen molar-refractivity contribution in [3.05, 3.63) is 49.5 Å². The molecule has 1 rings (SSSR count). The van der Waals surface area contributed by atoms with Gasteiger partial charge in [-0.15, -0.1) is 10.1 Å². The maximum atomic E-state index is 12.0. The van der Waals surface area contributed by atoms with Crippen molar-refractivity contribution < 1.29 is 24.3 Å². The fourth-order valence-electron chi connectivity index (χ4n) is 1.54. The van der Waals surface area contributed by atoms with Crippen LogP contribution in [-0.2, 0) is 19.2 Å². The van der Waals surface area contributed by atoms with Crippen LogP contribution in [0.4, 0.5) is 0 Å². The largest absolute Gasteiger partial charge is 0.460 e. The first-order chi connectivity index (χ1) is 10.7. The summed E-state index contributed by atoms with van der Waals surface area (Å²) in [5, 5.41) is 9.62. The molecule has 0 saturated heterocycles. The Hall–Kier alpha value is -2.12. The molecule has 0 N–H and O–H groups in total. The lowest BCUT2D eigenvalue weighted by atomic mass is 10.1. The van der Waals surface area contributed by atoms with Crippen LogP contribution in [0.2, 0.25) is 10.0 Å². The molecule has 1 unspecified atom stereocenters. The number of carbonyl (C=O) groups excluding carboxylic acids is 2. The summed E-state index contributed by atoms with van der Waals surface area (Å²) in [7, 11) is 0. The summed E-state index contributed by atoms with van der Waals surface area (Å²) in [6.07, 6.45) is 0.287. The van der Waals surface area contributed by atoms with Crippen LogP contribution in [0.5, 0.6) is 0 Å². The third kappa shape index (κ3) is 5.88. The molecule has 124 valence electrons. The molecule has 0 aliphatic heterocycles. The number of halogens is 2. The predicted molar refractivity (Wildman–Crippen MR) is 83.6 cm³/mol. The average molecular weight is 362 g/mol. The second-order valence-electron chi connectivity index (χ2n) is 4.50. The highest BCUT2D eigenvalue weighted by molar-refractivity contribution is 6.43. The zero-order chi connectivity index (χ0) is 17.6. The van der Waals surface area contributed by atoms with Crippen molar-refractivity contribution in [2.45, 2.75) is 20.0 Å². The topological polar surface area (TPSA) is 95.7 Å². The molecule has 1 aromatic carbocycles. The summed E-state index contributed by atoms with van der Waals surface area (Å²) in [5.41, 5.74) is 0.110. The normalized spacial score (nSPS) is 12.4. The van der Waals surface area contributed by atoms with E-state index in [1.54, 1.807) is 18.2 Å². The van der Waals surface area contributed by atoms with E-state index in [2.05, 4.69) is 4.84 Å². The first-order valence-corrected chi connectivity index (χ1v) is 7.13. The highest BCUT2D eigenvalue weighted by atomic mass is 35.5.